The first kappa shape index (κ1) is 15.4. The predicted molar refractivity (Wildman–Crippen MR) is 66.0 cm³/mol. The lowest BCUT2D eigenvalue weighted by atomic mass is 10.2. The van der Waals surface area contributed by atoms with Gasteiger partial charge in [0.1, 0.15) is 24.6 Å². The van der Waals surface area contributed by atoms with Crippen molar-refractivity contribution in [2.45, 2.75) is 33.0 Å². The van der Waals surface area contributed by atoms with E-state index in [9.17, 15) is 14.7 Å². The molecule has 19 heavy (non-hydrogen) atoms. The number of aliphatic hydroxyl groups is 1. The maximum absolute atomic E-state index is 11.7. The van der Waals surface area contributed by atoms with E-state index in [1.165, 1.54) is 20.8 Å². The van der Waals surface area contributed by atoms with Crippen molar-refractivity contribution >= 4 is 11.9 Å². The van der Waals surface area contributed by atoms with Gasteiger partial charge in [0.05, 0.1) is 12.2 Å². The molecule has 0 aromatic carbocycles. The van der Waals surface area contributed by atoms with Gasteiger partial charge in [-0.05, 0) is 20.8 Å². The van der Waals surface area contributed by atoms with Crippen LogP contribution in [0.4, 0.5) is 0 Å². The Morgan fingerprint density at radius 2 is 2.00 bits per heavy atom. The number of epoxide rings is 1. The van der Waals surface area contributed by atoms with Crippen molar-refractivity contribution < 1.29 is 28.9 Å². The fourth-order valence-electron chi connectivity index (χ4n) is 1.20. The monoisotopic (exact) mass is 270 g/mol. The quantitative estimate of drug-likeness (QED) is 0.331. The van der Waals surface area contributed by atoms with Gasteiger partial charge < -0.3 is 19.3 Å². The minimum absolute atomic E-state index is 0.0465. The lowest BCUT2D eigenvalue weighted by molar-refractivity contribution is -0.140. The van der Waals surface area contributed by atoms with Crippen molar-refractivity contribution in [3.8, 4) is 0 Å². The van der Waals surface area contributed by atoms with Crippen molar-refractivity contribution in [2.24, 2.45) is 0 Å². The minimum Gasteiger partial charge on any atom is -0.459 e. The Morgan fingerprint density at radius 3 is 2.42 bits per heavy atom. The summed E-state index contributed by atoms with van der Waals surface area (Å²) in [7, 11) is 0. The molecule has 0 spiro atoms. The molecule has 1 saturated heterocycles. The van der Waals surface area contributed by atoms with E-state index in [4.69, 9.17) is 14.2 Å². The van der Waals surface area contributed by atoms with Gasteiger partial charge in [0.2, 0.25) is 0 Å². The van der Waals surface area contributed by atoms with Crippen LogP contribution in [0.15, 0.2) is 23.5 Å². The van der Waals surface area contributed by atoms with E-state index in [1.807, 2.05) is 0 Å². The van der Waals surface area contributed by atoms with Crippen LogP contribution in [-0.4, -0.2) is 42.5 Å². The lowest BCUT2D eigenvalue weighted by Gasteiger charge is -2.14. The van der Waals surface area contributed by atoms with Crippen LogP contribution in [0.2, 0.25) is 0 Å². The Hall–Kier alpha value is -1.66. The van der Waals surface area contributed by atoms with Gasteiger partial charge in [-0.15, -0.1) is 0 Å². The van der Waals surface area contributed by atoms with E-state index < -0.39 is 18.0 Å². The van der Waals surface area contributed by atoms with Crippen LogP contribution in [-0.2, 0) is 23.8 Å². The molecule has 0 saturated carbocycles. The standard InChI is InChI=1S/C13H18O6/c1-7(2)12(15)19-11(9(4)14)8(3)13(16)18-6-10-5-17-10/h9-10,14H,1,5-6H2,2-4H3/b11-8-. The lowest BCUT2D eigenvalue weighted by Crippen LogP contribution is -2.20. The molecule has 1 fully saturated rings. The molecule has 0 amide bonds. The van der Waals surface area contributed by atoms with Gasteiger partial charge in [0.25, 0.3) is 0 Å². The summed E-state index contributed by atoms with van der Waals surface area (Å²) in [6.45, 7) is 8.44. The molecule has 0 aromatic rings. The fraction of sp³-hybridized carbons (Fsp3) is 0.538. The minimum atomic E-state index is -1.10. The highest BCUT2D eigenvalue weighted by Gasteiger charge is 2.26. The summed E-state index contributed by atoms with van der Waals surface area (Å²) in [4.78, 5) is 23.1. The summed E-state index contributed by atoms with van der Waals surface area (Å²) in [5.41, 5.74) is 0.218. The van der Waals surface area contributed by atoms with Crippen LogP contribution in [0.1, 0.15) is 20.8 Å². The zero-order chi connectivity index (χ0) is 14.6. The van der Waals surface area contributed by atoms with E-state index in [2.05, 4.69) is 6.58 Å². The van der Waals surface area contributed by atoms with Gasteiger partial charge in [-0.3, -0.25) is 0 Å². The van der Waals surface area contributed by atoms with Crippen LogP contribution in [0.3, 0.4) is 0 Å². The molecule has 2 atom stereocenters. The van der Waals surface area contributed by atoms with E-state index in [-0.39, 0.29) is 29.6 Å². The Kier molecular flexibility index (Phi) is 5.26. The molecule has 1 aliphatic heterocycles. The maximum Gasteiger partial charge on any atom is 0.338 e. The summed E-state index contributed by atoms with van der Waals surface area (Å²) in [6, 6.07) is 0. The first-order chi connectivity index (χ1) is 8.82. The number of carbonyl (C=O) groups excluding carboxylic acids is 2. The van der Waals surface area contributed by atoms with Gasteiger partial charge in [-0.25, -0.2) is 9.59 Å². The van der Waals surface area contributed by atoms with E-state index >= 15 is 0 Å². The van der Waals surface area contributed by atoms with Gasteiger partial charge in [0, 0.05) is 5.57 Å². The zero-order valence-electron chi connectivity index (χ0n) is 11.3. The number of aliphatic hydroxyl groups excluding tert-OH is 1. The Labute approximate surface area is 111 Å². The highest BCUT2D eigenvalue weighted by atomic mass is 16.6. The summed E-state index contributed by atoms with van der Waals surface area (Å²) < 4.78 is 14.8. The zero-order valence-corrected chi connectivity index (χ0v) is 11.3. The number of carbonyl (C=O) groups is 2. The number of hydrogen-bond donors (Lipinski definition) is 1. The second-order valence-corrected chi connectivity index (χ2v) is 4.39. The third-order valence-corrected chi connectivity index (χ3v) is 2.41. The van der Waals surface area contributed by atoms with Crippen LogP contribution in [0.5, 0.6) is 0 Å². The van der Waals surface area contributed by atoms with E-state index in [0.717, 1.165) is 0 Å². The van der Waals surface area contributed by atoms with Crippen LogP contribution in [0.25, 0.3) is 0 Å². The molecule has 0 aromatic heterocycles. The highest BCUT2D eigenvalue weighted by molar-refractivity contribution is 5.91. The number of hydrogen-bond acceptors (Lipinski definition) is 6. The van der Waals surface area contributed by atoms with Crippen molar-refractivity contribution in [1.29, 1.82) is 0 Å². The molecule has 6 nitrogen and oxygen atoms in total. The Balaban J connectivity index is 2.73. The summed E-state index contributed by atoms with van der Waals surface area (Å²) in [5.74, 6) is -1.48. The van der Waals surface area contributed by atoms with Gasteiger partial charge >= 0.3 is 11.9 Å². The fourth-order valence-corrected chi connectivity index (χ4v) is 1.20. The molecule has 2 unspecified atom stereocenters. The Bertz CT molecular complexity index is 417. The van der Waals surface area contributed by atoms with Gasteiger partial charge in [0.15, 0.2) is 0 Å². The second kappa shape index (κ2) is 6.49. The van der Waals surface area contributed by atoms with Gasteiger partial charge in [-0.1, -0.05) is 6.58 Å². The highest BCUT2D eigenvalue weighted by Crippen LogP contribution is 2.16. The third kappa shape index (κ3) is 4.84. The number of esters is 2. The predicted octanol–water partition coefficient (Wildman–Crippen LogP) is 0.702. The maximum atomic E-state index is 11.7. The molecule has 0 bridgehead atoms. The number of rotatable bonds is 6. The van der Waals surface area contributed by atoms with Crippen molar-refractivity contribution in [1.82, 2.24) is 0 Å². The molecule has 0 aliphatic carbocycles. The van der Waals surface area contributed by atoms with E-state index in [0.29, 0.717) is 6.61 Å². The smallest absolute Gasteiger partial charge is 0.338 e. The summed E-state index contributed by atoms with van der Waals surface area (Å²) in [6.07, 6.45) is -1.15. The van der Waals surface area contributed by atoms with Crippen LogP contribution < -0.4 is 0 Å². The average Bonchev–Trinajstić information content (AvgIpc) is 3.15. The van der Waals surface area contributed by atoms with Crippen LogP contribution >= 0.6 is 0 Å². The largest absolute Gasteiger partial charge is 0.459 e. The van der Waals surface area contributed by atoms with Crippen molar-refractivity contribution in [3.05, 3.63) is 23.5 Å². The van der Waals surface area contributed by atoms with E-state index in [1.54, 1.807) is 0 Å². The van der Waals surface area contributed by atoms with Crippen molar-refractivity contribution in [2.75, 3.05) is 13.2 Å². The molecule has 1 N–H and O–H groups in total. The molecule has 6 heteroatoms. The SMILES string of the molecule is C=C(C)C(=O)O/C(=C(/C)C(=O)OCC1CO1)C(C)O. The molecule has 0 radical (unpaired) electrons. The summed E-state index contributed by atoms with van der Waals surface area (Å²) >= 11 is 0. The molecular formula is C13H18O6. The molecule has 1 rings (SSSR count). The molecular weight excluding hydrogens is 252 g/mol. The van der Waals surface area contributed by atoms with Crippen molar-refractivity contribution in [3.63, 3.8) is 0 Å². The molecule has 1 heterocycles. The van der Waals surface area contributed by atoms with Crippen LogP contribution in [0, 0.1) is 0 Å². The van der Waals surface area contributed by atoms with Gasteiger partial charge in [-0.2, -0.15) is 0 Å². The first-order valence-electron chi connectivity index (χ1n) is 5.88. The second-order valence-electron chi connectivity index (χ2n) is 4.39. The number of ether oxygens (including phenoxy) is 3. The normalized spacial score (nSPS) is 20.1. The topological polar surface area (TPSA) is 85.4 Å². The first-order valence-corrected chi connectivity index (χ1v) is 5.88. The summed E-state index contributed by atoms with van der Waals surface area (Å²) in [5, 5.41) is 9.55. The molecule has 1 aliphatic rings. The average molecular weight is 270 g/mol. The molecule has 106 valence electrons. The third-order valence-electron chi connectivity index (χ3n) is 2.41. The Morgan fingerprint density at radius 1 is 1.42 bits per heavy atom.